The van der Waals surface area contributed by atoms with E-state index in [2.05, 4.69) is 8.62 Å². The molecule has 0 atom stereocenters. The summed E-state index contributed by atoms with van der Waals surface area (Å²) >= 11 is 0. The number of rotatable bonds is 4. The predicted octanol–water partition coefficient (Wildman–Crippen LogP) is -8.86. The van der Waals surface area contributed by atoms with Crippen LogP contribution in [0.1, 0.15) is 4.28 Å². The SMILES string of the molecule is N.N.N.O=P(O)(O)OP(=O)(O)OP(=O)(O)O.[H-].[H-].[H-].[Na+].[Na+].[Na+]. The van der Waals surface area contributed by atoms with Gasteiger partial charge in [0.2, 0.25) is 0 Å². The second-order valence-electron chi connectivity index (χ2n) is 1.61. The van der Waals surface area contributed by atoms with Crippen LogP contribution in [0.2, 0.25) is 0 Å². The van der Waals surface area contributed by atoms with Crippen molar-refractivity contribution in [2.24, 2.45) is 0 Å². The molecule has 0 unspecified atom stereocenters. The molecule has 0 aromatic rings. The van der Waals surface area contributed by atoms with Gasteiger partial charge in [0.05, 0.1) is 0 Å². The van der Waals surface area contributed by atoms with Crippen molar-refractivity contribution in [3.8, 4) is 0 Å². The number of hydrogen-bond acceptors (Lipinski definition) is 8. The topological polar surface area (TPSA) is 276 Å². The van der Waals surface area contributed by atoms with Crippen molar-refractivity contribution in [1.82, 2.24) is 18.5 Å². The van der Waals surface area contributed by atoms with E-state index in [1.165, 1.54) is 0 Å². The van der Waals surface area contributed by atoms with Gasteiger partial charge < -0.3 is 47.2 Å². The summed E-state index contributed by atoms with van der Waals surface area (Å²) in [4.78, 5) is 40.2. The zero-order valence-corrected chi connectivity index (χ0v) is 19.4. The molecule has 0 saturated carbocycles. The molecule has 0 heterocycles. The van der Waals surface area contributed by atoms with E-state index in [1.807, 2.05) is 0 Å². The Balaban J connectivity index is -0.0000000200. The molecule has 0 aliphatic rings. The Labute approximate surface area is 179 Å². The quantitative estimate of drug-likeness (QED) is 0.166. The Kier molecular flexibility index (Phi) is 36.8. The summed E-state index contributed by atoms with van der Waals surface area (Å²) in [5.74, 6) is 0. The van der Waals surface area contributed by atoms with Gasteiger partial charge in [0.15, 0.2) is 0 Å². The molecule has 0 fully saturated rings. The number of hydrogen-bond donors (Lipinski definition) is 8. The summed E-state index contributed by atoms with van der Waals surface area (Å²) in [5.41, 5.74) is 0. The first kappa shape index (κ1) is 43.2. The third-order valence-electron chi connectivity index (χ3n) is 0.419. The van der Waals surface area contributed by atoms with E-state index in [0.29, 0.717) is 0 Å². The van der Waals surface area contributed by atoms with Crippen molar-refractivity contribution in [1.29, 1.82) is 0 Å². The van der Waals surface area contributed by atoms with Crippen molar-refractivity contribution in [2.45, 2.75) is 0 Å². The Morgan fingerprint density at radius 3 is 0.895 bits per heavy atom. The average Bonchev–Trinajstić information content (AvgIpc) is 1.43. The predicted molar refractivity (Wildman–Crippen MR) is 54.5 cm³/mol. The van der Waals surface area contributed by atoms with Gasteiger partial charge in [-0.3, -0.25) is 0 Å². The van der Waals surface area contributed by atoms with Gasteiger partial charge in [0.1, 0.15) is 0 Å². The molecule has 14 N–H and O–H groups in total. The molecule has 0 aliphatic heterocycles. The molecule has 0 amide bonds. The van der Waals surface area contributed by atoms with Gasteiger partial charge in [-0.15, -0.1) is 0 Å². The molecule has 13 nitrogen and oxygen atoms in total. The molecule has 110 valence electrons. The fourth-order valence-corrected chi connectivity index (χ4v) is 2.82. The van der Waals surface area contributed by atoms with E-state index in [0.717, 1.165) is 0 Å². The minimum atomic E-state index is -5.46. The molecule has 19 heavy (non-hydrogen) atoms. The van der Waals surface area contributed by atoms with Crippen LogP contribution in [0.4, 0.5) is 0 Å². The van der Waals surface area contributed by atoms with Gasteiger partial charge >= 0.3 is 112 Å². The number of phosphoric acid groups is 3. The maximum absolute atomic E-state index is 10.4. The van der Waals surface area contributed by atoms with Crippen LogP contribution < -0.4 is 107 Å². The molecular formula is H17N3Na3O10P3. The zero-order valence-electron chi connectivity index (χ0n) is 13.7. The summed E-state index contributed by atoms with van der Waals surface area (Å²) in [5, 5.41) is 0. The molecule has 0 spiro atoms. The maximum Gasteiger partial charge on any atom is 1.00 e. The van der Waals surface area contributed by atoms with Crippen molar-refractivity contribution >= 4 is 23.5 Å². The van der Waals surface area contributed by atoms with Crippen LogP contribution in [-0.4, -0.2) is 24.5 Å². The summed E-state index contributed by atoms with van der Waals surface area (Å²) in [6.45, 7) is 0. The molecule has 19 heteroatoms. The van der Waals surface area contributed by atoms with Gasteiger partial charge in [0, 0.05) is 0 Å². The first-order valence-electron chi connectivity index (χ1n) is 2.28. The van der Waals surface area contributed by atoms with Crippen molar-refractivity contribution in [3.05, 3.63) is 0 Å². The molecule has 0 bridgehead atoms. The minimum absolute atomic E-state index is 0. The van der Waals surface area contributed by atoms with Crippen LogP contribution in [0, 0.1) is 0 Å². The van der Waals surface area contributed by atoms with Crippen LogP contribution in [0.15, 0.2) is 0 Å². The summed E-state index contributed by atoms with van der Waals surface area (Å²) < 4.78 is 36.4. The van der Waals surface area contributed by atoms with Gasteiger partial charge in [-0.25, -0.2) is 13.7 Å². The fourth-order valence-electron chi connectivity index (χ4n) is 0.284. The van der Waals surface area contributed by atoms with E-state index >= 15 is 0 Å². The second kappa shape index (κ2) is 16.2. The first-order chi connectivity index (χ1) is 5.41. The molecular weight excluding hydrogens is 364 g/mol. The van der Waals surface area contributed by atoms with E-state index < -0.39 is 23.5 Å². The van der Waals surface area contributed by atoms with Crippen molar-refractivity contribution < 1.29 is 140 Å². The minimum Gasteiger partial charge on any atom is -1.00 e. The Morgan fingerprint density at radius 1 is 0.632 bits per heavy atom. The average molecular weight is 381 g/mol. The van der Waals surface area contributed by atoms with Crippen molar-refractivity contribution in [2.75, 3.05) is 0 Å². The third kappa shape index (κ3) is 33.9. The smallest absolute Gasteiger partial charge is 1.00 e. The summed E-state index contributed by atoms with van der Waals surface area (Å²) in [6.07, 6.45) is 0. The van der Waals surface area contributed by atoms with Crippen LogP contribution in [-0.2, 0) is 22.3 Å². The monoisotopic (exact) mass is 381 g/mol. The third-order valence-corrected chi connectivity index (χ3v) is 3.77. The summed E-state index contributed by atoms with van der Waals surface area (Å²) in [6, 6.07) is 0. The van der Waals surface area contributed by atoms with Crippen LogP contribution in [0.5, 0.6) is 0 Å². The van der Waals surface area contributed by atoms with Crippen molar-refractivity contribution in [3.63, 3.8) is 0 Å². The van der Waals surface area contributed by atoms with Crippen LogP contribution in [0.3, 0.4) is 0 Å². The molecule has 0 saturated heterocycles. The van der Waals surface area contributed by atoms with E-state index in [9.17, 15) is 13.7 Å². The molecule has 0 aromatic carbocycles. The van der Waals surface area contributed by atoms with Gasteiger partial charge in [-0.2, -0.15) is 8.62 Å². The van der Waals surface area contributed by atoms with Gasteiger partial charge in [0.25, 0.3) is 0 Å². The molecule has 0 radical (unpaired) electrons. The fraction of sp³-hybridized carbons (Fsp3) is 0. The van der Waals surface area contributed by atoms with Gasteiger partial charge in [-0.1, -0.05) is 0 Å². The largest absolute Gasteiger partial charge is 1.00 e. The Hall–Kier alpha value is 3.29. The maximum atomic E-state index is 10.4. The van der Waals surface area contributed by atoms with Crippen LogP contribution in [0.25, 0.3) is 0 Å². The van der Waals surface area contributed by atoms with E-state index in [4.69, 9.17) is 24.5 Å². The second-order valence-corrected chi connectivity index (χ2v) is 5.82. The normalized spacial score (nSPS) is 9.95. The van der Waals surface area contributed by atoms with Crippen LogP contribution >= 0.6 is 23.5 Å². The van der Waals surface area contributed by atoms with E-state index in [-0.39, 0.29) is 111 Å². The standard InChI is InChI=1S/3H3N.3Na.H5O10P3.3H/c;;;;;;1-11(2,3)9-13(7,8)10-12(4,5)6;;;/h3*1H3;;;;(H,7,8)(H2,1,2,3)(H2,4,5,6);;;/q;;;3*+1;;3*-1. The first-order valence-corrected chi connectivity index (χ1v) is 6.83. The molecule has 0 rings (SSSR count). The summed E-state index contributed by atoms with van der Waals surface area (Å²) in [7, 11) is -16.2. The Morgan fingerprint density at radius 2 is 0.789 bits per heavy atom. The van der Waals surface area contributed by atoms with Gasteiger partial charge in [-0.05, 0) is 0 Å². The molecule has 0 aliphatic carbocycles. The van der Waals surface area contributed by atoms with E-state index in [1.54, 1.807) is 0 Å². The molecule has 0 aromatic heterocycles. The Bertz CT molecular complexity index is 308. The zero-order chi connectivity index (χ0) is 10.9.